The molecule has 3 aromatic carbocycles. The first-order valence-corrected chi connectivity index (χ1v) is 11.7. The summed E-state index contributed by atoms with van der Waals surface area (Å²) in [6.07, 6.45) is 0. The summed E-state index contributed by atoms with van der Waals surface area (Å²) in [5, 5.41) is 7.72. The van der Waals surface area contributed by atoms with E-state index in [1.54, 1.807) is 11.3 Å². The second kappa shape index (κ2) is 9.50. The summed E-state index contributed by atoms with van der Waals surface area (Å²) in [5.74, 6) is -0.0986. The number of nitrogens with one attached hydrogen (secondary N) is 2. The van der Waals surface area contributed by atoms with Gasteiger partial charge in [-0.05, 0) is 61.4 Å². The van der Waals surface area contributed by atoms with E-state index in [0.29, 0.717) is 5.56 Å². The molecule has 1 heterocycles. The number of thiophene rings is 1. The van der Waals surface area contributed by atoms with Gasteiger partial charge < -0.3 is 10.6 Å². The summed E-state index contributed by atoms with van der Waals surface area (Å²) in [5.41, 5.74) is 5.09. The molecule has 0 aliphatic rings. The fourth-order valence-electron chi connectivity index (χ4n) is 3.53. The number of benzene rings is 3. The van der Waals surface area contributed by atoms with Crippen LogP contribution in [-0.2, 0) is 0 Å². The van der Waals surface area contributed by atoms with Crippen molar-refractivity contribution >= 4 is 43.9 Å². The number of hydrogen-bond acceptors (Lipinski definition) is 3. The van der Waals surface area contributed by atoms with E-state index in [0.717, 1.165) is 26.3 Å². The SMILES string of the molecule is Cc1sc(NC(=O)c2ccccc2)c(C(Nc2ccc(Br)cc2)c2ccccc2)c1C. The molecule has 4 aromatic rings. The predicted octanol–water partition coefficient (Wildman–Crippen LogP) is 7.58. The molecule has 3 nitrogen and oxygen atoms in total. The summed E-state index contributed by atoms with van der Waals surface area (Å²) in [4.78, 5) is 14.1. The van der Waals surface area contributed by atoms with Gasteiger partial charge in [-0.3, -0.25) is 4.79 Å². The summed E-state index contributed by atoms with van der Waals surface area (Å²) < 4.78 is 1.03. The topological polar surface area (TPSA) is 41.1 Å². The Labute approximate surface area is 195 Å². The molecule has 2 N–H and O–H groups in total. The van der Waals surface area contributed by atoms with E-state index >= 15 is 0 Å². The largest absolute Gasteiger partial charge is 0.374 e. The lowest BCUT2D eigenvalue weighted by atomic mass is 9.96. The highest BCUT2D eigenvalue weighted by Gasteiger charge is 2.24. The van der Waals surface area contributed by atoms with Crippen LogP contribution in [0, 0.1) is 13.8 Å². The molecule has 0 aliphatic heterocycles. The zero-order chi connectivity index (χ0) is 21.8. The molecule has 1 atom stereocenters. The highest BCUT2D eigenvalue weighted by atomic mass is 79.9. The van der Waals surface area contributed by atoms with Crippen LogP contribution >= 0.6 is 27.3 Å². The standard InChI is InChI=1S/C26H23BrN2OS/c1-17-18(2)31-26(29-25(30)20-11-7-4-8-12-20)23(17)24(19-9-5-3-6-10-19)28-22-15-13-21(27)14-16-22/h3-16,24,28H,1-2H3,(H,29,30). The third-order valence-electron chi connectivity index (χ3n) is 5.27. The second-order valence-corrected chi connectivity index (χ2v) is 9.48. The number of amides is 1. The van der Waals surface area contributed by atoms with E-state index in [1.807, 2.05) is 60.7 Å². The molecule has 0 saturated carbocycles. The first-order chi connectivity index (χ1) is 15.0. The van der Waals surface area contributed by atoms with Crippen LogP contribution < -0.4 is 10.6 Å². The fraction of sp³-hybridized carbons (Fsp3) is 0.115. The molecule has 4 rings (SSSR count). The molecule has 1 unspecified atom stereocenters. The van der Waals surface area contributed by atoms with E-state index in [4.69, 9.17) is 0 Å². The maximum atomic E-state index is 12.9. The van der Waals surface area contributed by atoms with Crippen LogP contribution in [0.15, 0.2) is 89.4 Å². The molecular formula is C26H23BrN2OS. The number of rotatable bonds is 6. The van der Waals surface area contributed by atoms with Gasteiger partial charge in [-0.15, -0.1) is 11.3 Å². The van der Waals surface area contributed by atoms with Crippen LogP contribution in [-0.4, -0.2) is 5.91 Å². The van der Waals surface area contributed by atoms with Crippen LogP contribution in [0.1, 0.15) is 38.0 Å². The van der Waals surface area contributed by atoms with Crippen LogP contribution in [0.2, 0.25) is 0 Å². The number of hydrogen-bond donors (Lipinski definition) is 2. The molecule has 0 aliphatic carbocycles. The minimum atomic E-state index is -0.0987. The van der Waals surface area contributed by atoms with Crippen LogP contribution in [0.3, 0.4) is 0 Å². The van der Waals surface area contributed by atoms with Crippen molar-refractivity contribution < 1.29 is 4.79 Å². The van der Waals surface area contributed by atoms with E-state index in [2.05, 4.69) is 64.7 Å². The molecule has 156 valence electrons. The molecule has 0 bridgehead atoms. The Morgan fingerprint density at radius 1 is 0.871 bits per heavy atom. The molecule has 0 fully saturated rings. The first kappa shape index (κ1) is 21.3. The van der Waals surface area contributed by atoms with Gasteiger partial charge in [-0.25, -0.2) is 0 Å². The maximum absolute atomic E-state index is 12.9. The third kappa shape index (κ3) is 4.89. The smallest absolute Gasteiger partial charge is 0.256 e. The summed E-state index contributed by atoms with van der Waals surface area (Å²) in [6, 6.07) is 27.7. The van der Waals surface area contributed by atoms with Gasteiger partial charge in [0.15, 0.2) is 0 Å². The lowest BCUT2D eigenvalue weighted by molar-refractivity contribution is 0.102. The van der Waals surface area contributed by atoms with Crippen molar-refractivity contribution in [3.63, 3.8) is 0 Å². The Morgan fingerprint density at radius 3 is 2.13 bits per heavy atom. The lowest BCUT2D eigenvalue weighted by Crippen LogP contribution is -2.17. The number of halogens is 1. The van der Waals surface area contributed by atoms with Crippen molar-refractivity contribution in [1.82, 2.24) is 0 Å². The van der Waals surface area contributed by atoms with E-state index in [-0.39, 0.29) is 11.9 Å². The zero-order valence-electron chi connectivity index (χ0n) is 17.4. The molecular weight excluding hydrogens is 468 g/mol. The van der Waals surface area contributed by atoms with Gasteiger partial charge in [0, 0.05) is 26.2 Å². The first-order valence-electron chi connectivity index (χ1n) is 10.1. The molecule has 31 heavy (non-hydrogen) atoms. The van der Waals surface area contributed by atoms with Crippen molar-refractivity contribution in [2.45, 2.75) is 19.9 Å². The van der Waals surface area contributed by atoms with Crippen molar-refractivity contribution in [3.05, 3.63) is 117 Å². The summed E-state index contributed by atoms with van der Waals surface area (Å²) in [7, 11) is 0. The van der Waals surface area contributed by atoms with Gasteiger partial charge in [0.25, 0.3) is 5.91 Å². The number of aryl methyl sites for hydroxylation is 1. The Kier molecular flexibility index (Phi) is 6.54. The maximum Gasteiger partial charge on any atom is 0.256 e. The summed E-state index contributed by atoms with van der Waals surface area (Å²) >= 11 is 5.12. The Hall–Kier alpha value is -2.89. The molecule has 1 amide bonds. The number of carbonyl (C=O) groups is 1. The normalized spacial score (nSPS) is 11.7. The Morgan fingerprint density at radius 2 is 1.48 bits per heavy atom. The second-order valence-electron chi connectivity index (χ2n) is 7.34. The van der Waals surface area contributed by atoms with Crippen molar-refractivity contribution in [2.24, 2.45) is 0 Å². The fourth-order valence-corrected chi connectivity index (χ4v) is 4.89. The van der Waals surface area contributed by atoms with Crippen molar-refractivity contribution in [2.75, 3.05) is 10.6 Å². The highest BCUT2D eigenvalue weighted by molar-refractivity contribution is 9.10. The Bertz CT molecular complexity index is 1170. The van der Waals surface area contributed by atoms with E-state index in [9.17, 15) is 4.79 Å². The van der Waals surface area contributed by atoms with Crippen LogP contribution in [0.4, 0.5) is 10.7 Å². The molecule has 0 saturated heterocycles. The molecule has 0 radical (unpaired) electrons. The molecule has 0 spiro atoms. The van der Waals surface area contributed by atoms with Crippen molar-refractivity contribution in [3.8, 4) is 0 Å². The van der Waals surface area contributed by atoms with Crippen LogP contribution in [0.25, 0.3) is 0 Å². The average molecular weight is 491 g/mol. The van der Waals surface area contributed by atoms with Crippen molar-refractivity contribution in [1.29, 1.82) is 0 Å². The Balaban J connectivity index is 1.75. The average Bonchev–Trinajstić information content (AvgIpc) is 3.07. The minimum Gasteiger partial charge on any atom is -0.374 e. The lowest BCUT2D eigenvalue weighted by Gasteiger charge is -2.23. The quantitative estimate of drug-likeness (QED) is 0.292. The van der Waals surface area contributed by atoms with Gasteiger partial charge in [0.1, 0.15) is 5.00 Å². The highest BCUT2D eigenvalue weighted by Crippen LogP contribution is 2.41. The molecule has 5 heteroatoms. The van der Waals surface area contributed by atoms with E-state index in [1.165, 1.54) is 10.4 Å². The summed E-state index contributed by atoms with van der Waals surface area (Å²) in [6.45, 7) is 4.22. The predicted molar refractivity (Wildman–Crippen MR) is 134 cm³/mol. The van der Waals surface area contributed by atoms with Crippen LogP contribution in [0.5, 0.6) is 0 Å². The van der Waals surface area contributed by atoms with Gasteiger partial charge in [0.05, 0.1) is 6.04 Å². The van der Waals surface area contributed by atoms with Gasteiger partial charge in [-0.2, -0.15) is 0 Å². The zero-order valence-corrected chi connectivity index (χ0v) is 19.8. The van der Waals surface area contributed by atoms with Gasteiger partial charge in [-0.1, -0.05) is 64.5 Å². The van der Waals surface area contributed by atoms with E-state index < -0.39 is 0 Å². The minimum absolute atomic E-state index is 0.0986. The van der Waals surface area contributed by atoms with Gasteiger partial charge in [0.2, 0.25) is 0 Å². The monoisotopic (exact) mass is 490 g/mol. The number of anilines is 2. The van der Waals surface area contributed by atoms with Gasteiger partial charge >= 0.3 is 0 Å². The molecule has 1 aromatic heterocycles. The number of carbonyl (C=O) groups excluding carboxylic acids is 1. The third-order valence-corrected chi connectivity index (χ3v) is 6.94.